The Hall–Kier alpha value is -1.88. The number of hydrogen-bond acceptors (Lipinski definition) is 2. The van der Waals surface area contributed by atoms with Crippen LogP contribution < -0.4 is 5.32 Å². The van der Waals surface area contributed by atoms with Gasteiger partial charge in [-0.3, -0.25) is 9.89 Å². The van der Waals surface area contributed by atoms with Gasteiger partial charge >= 0.3 is 0 Å². The smallest absolute Gasteiger partial charge is 0.225 e. The molecular formula is C13H13ClFN3O. The Morgan fingerprint density at radius 3 is 3.00 bits per heavy atom. The standard InChI is InChI=1S/C13H13ClFN3O/c1-8(9-6-16-17-7-9)18-13(19)5-10-11(14)3-2-4-12(10)15/h2-4,6-8H,5H2,1H3,(H,16,17)(H,18,19). The molecule has 0 aliphatic rings. The molecule has 19 heavy (non-hydrogen) atoms. The van der Waals surface area contributed by atoms with Crippen LogP contribution in [0.15, 0.2) is 30.6 Å². The van der Waals surface area contributed by atoms with Crippen molar-refractivity contribution in [2.75, 3.05) is 0 Å². The zero-order chi connectivity index (χ0) is 13.8. The van der Waals surface area contributed by atoms with Crippen molar-refractivity contribution in [1.29, 1.82) is 0 Å². The van der Waals surface area contributed by atoms with Crippen molar-refractivity contribution < 1.29 is 9.18 Å². The van der Waals surface area contributed by atoms with Gasteiger partial charge in [0.25, 0.3) is 0 Å². The fraction of sp³-hybridized carbons (Fsp3) is 0.231. The van der Waals surface area contributed by atoms with E-state index in [2.05, 4.69) is 15.5 Å². The van der Waals surface area contributed by atoms with Gasteiger partial charge in [-0.05, 0) is 19.1 Å². The number of benzene rings is 1. The normalized spacial score (nSPS) is 12.2. The average molecular weight is 282 g/mol. The van der Waals surface area contributed by atoms with Gasteiger partial charge in [-0.25, -0.2) is 4.39 Å². The highest BCUT2D eigenvalue weighted by Crippen LogP contribution is 2.19. The van der Waals surface area contributed by atoms with Gasteiger partial charge in [-0.1, -0.05) is 17.7 Å². The molecule has 6 heteroatoms. The fourth-order valence-corrected chi connectivity index (χ4v) is 1.97. The van der Waals surface area contributed by atoms with Crippen LogP contribution in [0, 0.1) is 5.82 Å². The van der Waals surface area contributed by atoms with Gasteiger partial charge in [0.1, 0.15) is 5.82 Å². The van der Waals surface area contributed by atoms with E-state index >= 15 is 0 Å². The number of hydrogen-bond donors (Lipinski definition) is 2. The number of carbonyl (C=O) groups is 1. The van der Waals surface area contributed by atoms with Crippen LogP contribution in [-0.2, 0) is 11.2 Å². The second-order valence-corrected chi connectivity index (χ2v) is 4.61. The molecule has 100 valence electrons. The van der Waals surface area contributed by atoms with Gasteiger partial charge in [-0.15, -0.1) is 0 Å². The van der Waals surface area contributed by atoms with E-state index in [-0.39, 0.29) is 29.0 Å². The Kier molecular flexibility index (Phi) is 4.16. The lowest BCUT2D eigenvalue weighted by Gasteiger charge is -2.12. The number of rotatable bonds is 4. The highest BCUT2D eigenvalue weighted by molar-refractivity contribution is 6.31. The Bertz CT molecular complexity index is 551. The molecule has 0 aliphatic carbocycles. The summed E-state index contributed by atoms with van der Waals surface area (Å²) in [5.41, 5.74) is 1.06. The molecule has 0 spiro atoms. The van der Waals surface area contributed by atoms with Gasteiger partial charge in [0.05, 0.1) is 18.7 Å². The van der Waals surface area contributed by atoms with E-state index in [1.54, 1.807) is 18.5 Å². The fourth-order valence-electron chi connectivity index (χ4n) is 1.74. The molecule has 1 aromatic carbocycles. The molecule has 0 saturated heterocycles. The lowest BCUT2D eigenvalue weighted by Crippen LogP contribution is -2.28. The van der Waals surface area contributed by atoms with Crippen LogP contribution in [0.25, 0.3) is 0 Å². The lowest BCUT2D eigenvalue weighted by atomic mass is 10.1. The molecule has 0 fully saturated rings. The highest BCUT2D eigenvalue weighted by atomic mass is 35.5. The van der Waals surface area contributed by atoms with Crippen LogP contribution in [0.1, 0.15) is 24.1 Å². The largest absolute Gasteiger partial charge is 0.349 e. The number of aromatic amines is 1. The number of amides is 1. The molecular weight excluding hydrogens is 269 g/mol. The van der Waals surface area contributed by atoms with Crippen molar-refractivity contribution >= 4 is 17.5 Å². The van der Waals surface area contributed by atoms with E-state index in [0.717, 1.165) is 5.56 Å². The number of aromatic nitrogens is 2. The molecule has 1 atom stereocenters. The third kappa shape index (κ3) is 3.32. The first kappa shape index (κ1) is 13.5. The van der Waals surface area contributed by atoms with Crippen molar-refractivity contribution in [3.05, 3.63) is 52.6 Å². The summed E-state index contributed by atoms with van der Waals surface area (Å²) in [4.78, 5) is 11.9. The molecule has 2 aromatic rings. The Morgan fingerprint density at radius 1 is 1.58 bits per heavy atom. The number of carbonyl (C=O) groups excluding carboxylic acids is 1. The Morgan fingerprint density at radius 2 is 2.37 bits per heavy atom. The maximum atomic E-state index is 13.5. The van der Waals surface area contributed by atoms with Gasteiger partial charge in [0.2, 0.25) is 5.91 Å². The highest BCUT2D eigenvalue weighted by Gasteiger charge is 2.14. The summed E-state index contributed by atoms with van der Waals surface area (Å²) >= 11 is 5.87. The van der Waals surface area contributed by atoms with Gasteiger partial charge in [-0.2, -0.15) is 5.10 Å². The predicted molar refractivity (Wildman–Crippen MR) is 70.3 cm³/mol. The Balaban J connectivity index is 2.02. The zero-order valence-electron chi connectivity index (χ0n) is 10.3. The minimum absolute atomic E-state index is 0.0896. The molecule has 1 heterocycles. The van der Waals surface area contributed by atoms with Crippen molar-refractivity contribution in [3.8, 4) is 0 Å². The molecule has 2 N–H and O–H groups in total. The molecule has 1 aromatic heterocycles. The number of nitrogens with zero attached hydrogens (tertiary/aromatic N) is 1. The summed E-state index contributed by atoms with van der Waals surface area (Å²) in [5.74, 6) is -0.765. The molecule has 0 bridgehead atoms. The number of H-pyrrole nitrogens is 1. The van der Waals surface area contributed by atoms with Crippen molar-refractivity contribution in [2.45, 2.75) is 19.4 Å². The third-order valence-corrected chi connectivity index (χ3v) is 3.15. The topological polar surface area (TPSA) is 57.8 Å². The van der Waals surface area contributed by atoms with Crippen LogP contribution >= 0.6 is 11.6 Å². The van der Waals surface area contributed by atoms with Crippen LogP contribution in [0.5, 0.6) is 0 Å². The minimum atomic E-state index is -0.474. The second kappa shape index (κ2) is 5.84. The van der Waals surface area contributed by atoms with Gasteiger partial charge in [0, 0.05) is 22.3 Å². The van der Waals surface area contributed by atoms with Crippen LogP contribution in [0.3, 0.4) is 0 Å². The Labute approximate surface area is 115 Å². The molecule has 1 unspecified atom stereocenters. The lowest BCUT2D eigenvalue weighted by molar-refractivity contribution is -0.121. The monoisotopic (exact) mass is 281 g/mol. The summed E-state index contributed by atoms with van der Waals surface area (Å²) < 4.78 is 13.5. The summed E-state index contributed by atoms with van der Waals surface area (Å²) in [6.45, 7) is 1.83. The van der Waals surface area contributed by atoms with Crippen LogP contribution in [0.4, 0.5) is 4.39 Å². The maximum absolute atomic E-state index is 13.5. The molecule has 4 nitrogen and oxygen atoms in total. The first-order valence-corrected chi connectivity index (χ1v) is 6.16. The van der Waals surface area contributed by atoms with E-state index in [0.29, 0.717) is 0 Å². The van der Waals surface area contributed by atoms with E-state index in [4.69, 9.17) is 11.6 Å². The summed E-state index contributed by atoms with van der Waals surface area (Å²) in [7, 11) is 0. The summed E-state index contributed by atoms with van der Waals surface area (Å²) in [5, 5.41) is 9.49. The van der Waals surface area contributed by atoms with Crippen LogP contribution in [-0.4, -0.2) is 16.1 Å². The van der Waals surface area contributed by atoms with Crippen molar-refractivity contribution in [1.82, 2.24) is 15.5 Å². The summed E-state index contributed by atoms with van der Waals surface area (Å²) in [6, 6.07) is 4.16. The first-order chi connectivity index (χ1) is 9.08. The van der Waals surface area contributed by atoms with E-state index in [1.165, 1.54) is 12.1 Å². The summed E-state index contributed by atoms with van der Waals surface area (Å²) in [6.07, 6.45) is 3.23. The molecule has 1 amide bonds. The number of halogens is 2. The first-order valence-electron chi connectivity index (χ1n) is 5.79. The molecule has 0 saturated carbocycles. The van der Waals surface area contributed by atoms with Crippen LogP contribution in [0.2, 0.25) is 5.02 Å². The number of nitrogens with one attached hydrogen (secondary N) is 2. The predicted octanol–water partition coefficient (Wildman–Crippen LogP) is 2.62. The molecule has 0 aliphatic heterocycles. The second-order valence-electron chi connectivity index (χ2n) is 4.20. The molecule has 2 rings (SSSR count). The van der Waals surface area contributed by atoms with E-state index < -0.39 is 5.82 Å². The average Bonchev–Trinajstić information content (AvgIpc) is 2.88. The third-order valence-electron chi connectivity index (χ3n) is 2.80. The SMILES string of the molecule is CC(NC(=O)Cc1c(F)cccc1Cl)c1cn[nH]c1. The van der Waals surface area contributed by atoms with E-state index in [9.17, 15) is 9.18 Å². The van der Waals surface area contributed by atoms with Gasteiger partial charge < -0.3 is 5.32 Å². The van der Waals surface area contributed by atoms with Crippen molar-refractivity contribution in [3.63, 3.8) is 0 Å². The quantitative estimate of drug-likeness (QED) is 0.905. The minimum Gasteiger partial charge on any atom is -0.349 e. The van der Waals surface area contributed by atoms with E-state index in [1.807, 2.05) is 6.92 Å². The van der Waals surface area contributed by atoms with Crippen molar-refractivity contribution in [2.24, 2.45) is 0 Å². The zero-order valence-corrected chi connectivity index (χ0v) is 11.0. The maximum Gasteiger partial charge on any atom is 0.225 e. The van der Waals surface area contributed by atoms with Gasteiger partial charge in [0.15, 0.2) is 0 Å². The molecule has 0 radical (unpaired) electrons.